The number of anilines is 1. The van der Waals surface area contributed by atoms with Crippen molar-refractivity contribution in [2.75, 3.05) is 51.3 Å². The van der Waals surface area contributed by atoms with Crippen molar-refractivity contribution in [3.8, 4) is 0 Å². The molecular formula is C19H32IN5O. The monoisotopic (exact) mass is 473 g/mol. The highest BCUT2D eigenvalue weighted by atomic mass is 127. The largest absolute Gasteiger partial charge is 0.384 e. The summed E-state index contributed by atoms with van der Waals surface area (Å²) in [6, 6.07) is 4.26. The Kier molecular flexibility index (Phi) is 8.90. The van der Waals surface area contributed by atoms with Gasteiger partial charge in [-0.25, -0.2) is 9.98 Å². The number of hydrogen-bond donors (Lipinski definition) is 1. The van der Waals surface area contributed by atoms with Gasteiger partial charge in [-0.15, -0.1) is 24.0 Å². The van der Waals surface area contributed by atoms with Crippen LogP contribution in [0.25, 0.3) is 0 Å². The first-order valence-electron chi connectivity index (χ1n) is 9.52. The standard InChI is InChI=1S/C19H31N5O.HI/c1-3-20-19(24-11-7-17(14-24)15-25-2)22-13-16-6-8-21-18(12-16)23-9-4-5-10-23;/h6,8,12,17H,3-5,7,9-11,13-15H2,1-2H3,(H,20,22);1H. The molecule has 2 fully saturated rings. The molecule has 3 rings (SSSR count). The van der Waals surface area contributed by atoms with E-state index in [0.29, 0.717) is 12.5 Å². The highest BCUT2D eigenvalue weighted by Gasteiger charge is 2.24. The van der Waals surface area contributed by atoms with Crippen molar-refractivity contribution < 1.29 is 4.74 Å². The summed E-state index contributed by atoms with van der Waals surface area (Å²) >= 11 is 0. The van der Waals surface area contributed by atoms with Gasteiger partial charge in [0.05, 0.1) is 13.2 Å². The van der Waals surface area contributed by atoms with E-state index in [-0.39, 0.29) is 24.0 Å². The van der Waals surface area contributed by atoms with Crippen LogP contribution >= 0.6 is 24.0 Å². The molecule has 0 bridgehead atoms. The summed E-state index contributed by atoms with van der Waals surface area (Å²) in [5.74, 6) is 2.72. The van der Waals surface area contributed by atoms with Crippen LogP contribution < -0.4 is 10.2 Å². The second kappa shape index (κ2) is 10.9. The van der Waals surface area contributed by atoms with E-state index in [2.05, 4.69) is 39.2 Å². The molecule has 2 aliphatic rings. The summed E-state index contributed by atoms with van der Waals surface area (Å²) in [7, 11) is 1.78. The Hall–Kier alpha value is -1.09. The first-order valence-corrected chi connectivity index (χ1v) is 9.52. The molecule has 1 aromatic rings. The lowest BCUT2D eigenvalue weighted by atomic mass is 10.1. The van der Waals surface area contributed by atoms with E-state index in [1.165, 1.54) is 24.8 Å². The Balaban J connectivity index is 0.00000243. The zero-order valence-electron chi connectivity index (χ0n) is 16.0. The molecule has 146 valence electrons. The number of methoxy groups -OCH3 is 1. The number of nitrogens with one attached hydrogen (secondary N) is 1. The van der Waals surface area contributed by atoms with Crippen LogP contribution in [0, 0.1) is 5.92 Å². The lowest BCUT2D eigenvalue weighted by Crippen LogP contribution is -2.40. The lowest BCUT2D eigenvalue weighted by molar-refractivity contribution is 0.157. The third-order valence-corrected chi connectivity index (χ3v) is 4.97. The van der Waals surface area contributed by atoms with Crippen LogP contribution in [-0.4, -0.2) is 62.3 Å². The Morgan fingerprint density at radius 1 is 1.35 bits per heavy atom. The summed E-state index contributed by atoms with van der Waals surface area (Å²) in [5, 5.41) is 3.44. The van der Waals surface area contributed by atoms with E-state index in [0.717, 1.165) is 51.1 Å². The second-order valence-corrected chi connectivity index (χ2v) is 6.94. The molecule has 0 amide bonds. The molecule has 0 aliphatic carbocycles. The minimum atomic E-state index is 0. The van der Waals surface area contributed by atoms with Crippen molar-refractivity contribution in [3.05, 3.63) is 23.9 Å². The molecule has 1 atom stereocenters. The van der Waals surface area contributed by atoms with Crippen molar-refractivity contribution in [1.82, 2.24) is 15.2 Å². The van der Waals surface area contributed by atoms with E-state index in [4.69, 9.17) is 9.73 Å². The normalized spacial score (nSPS) is 20.4. The second-order valence-electron chi connectivity index (χ2n) is 6.94. The van der Waals surface area contributed by atoms with Gasteiger partial charge in [-0.2, -0.15) is 0 Å². The molecule has 0 radical (unpaired) electrons. The first-order chi connectivity index (χ1) is 12.3. The van der Waals surface area contributed by atoms with Crippen LogP contribution in [0.1, 0.15) is 31.7 Å². The maximum Gasteiger partial charge on any atom is 0.194 e. The smallest absolute Gasteiger partial charge is 0.194 e. The molecule has 26 heavy (non-hydrogen) atoms. The van der Waals surface area contributed by atoms with Crippen molar-refractivity contribution >= 4 is 35.8 Å². The van der Waals surface area contributed by atoms with E-state index in [1.54, 1.807) is 7.11 Å². The van der Waals surface area contributed by atoms with Gasteiger partial charge in [-0.1, -0.05) is 0 Å². The predicted molar refractivity (Wildman–Crippen MR) is 117 cm³/mol. The van der Waals surface area contributed by atoms with E-state index in [9.17, 15) is 0 Å². The van der Waals surface area contributed by atoms with Crippen LogP contribution in [-0.2, 0) is 11.3 Å². The molecule has 0 saturated carbocycles. The van der Waals surface area contributed by atoms with Crippen molar-refractivity contribution in [1.29, 1.82) is 0 Å². The number of aromatic nitrogens is 1. The SMILES string of the molecule is CCNC(=NCc1ccnc(N2CCCC2)c1)N1CCC(COC)C1.I. The lowest BCUT2D eigenvalue weighted by Gasteiger charge is -2.22. The maximum absolute atomic E-state index is 5.31. The maximum atomic E-state index is 5.31. The fourth-order valence-corrected chi connectivity index (χ4v) is 3.67. The van der Waals surface area contributed by atoms with Crippen LogP contribution in [0.4, 0.5) is 5.82 Å². The van der Waals surface area contributed by atoms with E-state index >= 15 is 0 Å². The molecule has 1 aromatic heterocycles. The molecule has 1 unspecified atom stereocenters. The van der Waals surface area contributed by atoms with Crippen LogP contribution in [0.15, 0.2) is 23.3 Å². The number of nitrogens with zero attached hydrogens (tertiary/aromatic N) is 4. The molecule has 0 spiro atoms. The van der Waals surface area contributed by atoms with Gasteiger partial charge in [-0.05, 0) is 43.9 Å². The minimum absolute atomic E-state index is 0. The van der Waals surface area contributed by atoms with Gasteiger partial charge < -0.3 is 19.9 Å². The Morgan fingerprint density at radius 3 is 2.88 bits per heavy atom. The molecule has 6 nitrogen and oxygen atoms in total. The molecule has 7 heteroatoms. The number of pyridine rings is 1. The number of aliphatic imine (C=N–C) groups is 1. The quantitative estimate of drug-likeness (QED) is 0.391. The summed E-state index contributed by atoms with van der Waals surface area (Å²) in [6.07, 6.45) is 5.63. The van der Waals surface area contributed by atoms with Crippen molar-refractivity contribution in [2.45, 2.75) is 32.7 Å². The van der Waals surface area contributed by atoms with Crippen LogP contribution in [0.5, 0.6) is 0 Å². The fraction of sp³-hybridized carbons (Fsp3) is 0.684. The Morgan fingerprint density at radius 2 is 2.15 bits per heavy atom. The summed E-state index contributed by atoms with van der Waals surface area (Å²) < 4.78 is 5.31. The highest BCUT2D eigenvalue weighted by Crippen LogP contribution is 2.20. The van der Waals surface area contributed by atoms with E-state index in [1.807, 2.05) is 6.20 Å². The average Bonchev–Trinajstić information content (AvgIpc) is 3.31. The number of rotatable bonds is 6. The number of hydrogen-bond acceptors (Lipinski definition) is 4. The van der Waals surface area contributed by atoms with Crippen LogP contribution in [0.2, 0.25) is 0 Å². The summed E-state index contributed by atoms with van der Waals surface area (Å²) in [5.41, 5.74) is 1.22. The molecule has 0 aromatic carbocycles. The summed E-state index contributed by atoms with van der Waals surface area (Å²) in [6.45, 7) is 8.85. The summed E-state index contributed by atoms with van der Waals surface area (Å²) in [4.78, 5) is 14.1. The zero-order valence-corrected chi connectivity index (χ0v) is 18.3. The van der Waals surface area contributed by atoms with Crippen LogP contribution in [0.3, 0.4) is 0 Å². The molecule has 2 saturated heterocycles. The van der Waals surface area contributed by atoms with Gasteiger partial charge in [0.15, 0.2) is 5.96 Å². The van der Waals surface area contributed by atoms with Gasteiger partial charge in [0, 0.05) is 51.9 Å². The number of likely N-dealkylation sites (tertiary alicyclic amines) is 1. The minimum Gasteiger partial charge on any atom is -0.384 e. The van der Waals surface area contributed by atoms with Gasteiger partial charge in [0.25, 0.3) is 0 Å². The van der Waals surface area contributed by atoms with E-state index < -0.39 is 0 Å². The fourth-order valence-electron chi connectivity index (χ4n) is 3.67. The number of guanidine groups is 1. The Bertz CT molecular complexity index is 577. The predicted octanol–water partition coefficient (Wildman–Crippen LogP) is 2.73. The van der Waals surface area contributed by atoms with Crippen molar-refractivity contribution in [3.63, 3.8) is 0 Å². The Labute approximate surface area is 174 Å². The third kappa shape index (κ3) is 5.70. The van der Waals surface area contributed by atoms with Crippen molar-refractivity contribution in [2.24, 2.45) is 10.9 Å². The number of ether oxygens (including phenoxy) is 1. The van der Waals surface area contributed by atoms with Gasteiger partial charge in [-0.3, -0.25) is 0 Å². The third-order valence-electron chi connectivity index (χ3n) is 4.97. The van der Waals surface area contributed by atoms with Gasteiger partial charge in [0.2, 0.25) is 0 Å². The topological polar surface area (TPSA) is 53.0 Å². The zero-order chi connectivity index (χ0) is 17.5. The first kappa shape index (κ1) is 21.2. The average molecular weight is 473 g/mol. The molecular weight excluding hydrogens is 441 g/mol. The van der Waals surface area contributed by atoms with Gasteiger partial charge in [0.1, 0.15) is 5.82 Å². The molecule has 3 heterocycles. The van der Waals surface area contributed by atoms with Gasteiger partial charge >= 0.3 is 0 Å². The molecule has 1 N–H and O–H groups in total. The number of halogens is 1. The highest BCUT2D eigenvalue weighted by molar-refractivity contribution is 14.0. The molecule has 2 aliphatic heterocycles.